The van der Waals surface area contributed by atoms with Crippen LogP contribution in [0.3, 0.4) is 0 Å². The number of benzene rings is 3. The lowest BCUT2D eigenvalue weighted by atomic mass is 10.1. The third-order valence-corrected chi connectivity index (χ3v) is 6.86. The fourth-order valence-corrected chi connectivity index (χ4v) is 4.97. The Balaban J connectivity index is 1.74. The van der Waals surface area contributed by atoms with Crippen LogP contribution >= 0.6 is 23.4 Å². The van der Waals surface area contributed by atoms with Gasteiger partial charge >= 0.3 is 0 Å². The number of ether oxygens (including phenoxy) is 1. The molecule has 0 aliphatic rings. The average Bonchev–Trinajstić information content (AvgIpc) is 2.69. The number of anilines is 1. The van der Waals surface area contributed by atoms with Crippen LogP contribution < -0.4 is 9.46 Å². The van der Waals surface area contributed by atoms with E-state index in [4.69, 9.17) is 16.3 Å². The molecule has 0 amide bonds. The normalized spacial score (nSPS) is 11.2. The number of halogens is 1. The van der Waals surface area contributed by atoms with E-state index in [0.29, 0.717) is 11.4 Å². The summed E-state index contributed by atoms with van der Waals surface area (Å²) in [4.78, 5) is 1.28. The SMILES string of the molecule is COc1ccc(S(=O)(=O)Nc2ccc(CSc3ccccc3)cc2C)cc1Cl. The Morgan fingerprint density at radius 1 is 1.04 bits per heavy atom. The quantitative estimate of drug-likeness (QED) is 0.482. The summed E-state index contributed by atoms with van der Waals surface area (Å²) in [6, 6.07) is 20.2. The highest BCUT2D eigenvalue weighted by atomic mass is 35.5. The van der Waals surface area contributed by atoms with Crippen molar-refractivity contribution in [3.63, 3.8) is 0 Å². The van der Waals surface area contributed by atoms with Crippen LogP contribution in [0.15, 0.2) is 76.5 Å². The van der Waals surface area contributed by atoms with Crippen molar-refractivity contribution in [2.45, 2.75) is 22.5 Å². The lowest BCUT2D eigenvalue weighted by Crippen LogP contribution is -2.14. The van der Waals surface area contributed by atoms with Crippen LogP contribution in [0.4, 0.5) is 5.69 Å². The number of sulfonamides is 1. The third-order valence-electron chi connectivity index (χ3n) is 4.12. The minimum atomic E-state index is -3.75. The van der Waals surface area contributed by atoms with E-state index in [1.807, 2.05) is 37.3 Å². The predicted molar refractivity (Wildman–Crippen MR) is 116 cm³/mol. The van der Waals surface area contributed by atoms with Gasteiger partial charge in [-0.25, -0.2) is 8.42 Å². The largest absolute Gasteiger partial charge is 0.495 e. The summed E-state index contributed by atoms with van der Waals surface area (Å²) in [5, 5.41) is 0.246. The molecule has 0 aromatic heterocycles. The van der Waals surface area contributed by atoms with Gasteiger partial charge in [0.2, 0.25) is 0 Å². The Morgan fingerprint density at radius 3 is 2.43 bits per heavy atom. The zero-order valence-corrected chi connectivity index (χ0v) is 17.9. The van der Waals surface area contributed by atoms with Crippen molar-refractivity contribution < 1.29 is 13.2 Å². The van der Waals surface area contributed by atoms with E-state index in [1.54, 1.807) is 17.8 Å². The molecule has 28 heavy (non-hydrogen) atoms. The number of methoxy groups -OCH3 is 1. The van der Waals surface area contributed by atoms with Crippen LogP contribution in [0.5, 0.6) is 5.75 Å². The molecule has 3 aromatic carbocycles. The molecule has 3 aromatic rings. The average molecular weight is 434 g/mol. The lowest BCUT2D eigenvalue weighted by molar-refractivity contribution is 0.414. The number of hydrogen-bond donors (Lipinski definition) is 1. The van der Waals surface area contributed by atoms with Crippen molar-refractivity contribution in [3.05, 3.63) is 82.9 Å². The molecule has 4 nitrogen and oxygen atoms in total. The third kappa shape index (κ3) is 5.01. The van der Waals surface area contributed by atoms with Gasteiger partial charge in [-0.3, -0.25) is 4.72 Å². The van der Waals surface area contributed by atoms with E-state index < -0.39 is 10.0 Å². The van der Waals surface area contributed by atoms with Crippen molar-refractivity contribution in [1.82, 2.24) is 0 Å². The minimum absolute atomic E-state index is 0.0846. The van der Waals surface area contributed by atoms with Crippen molar-refractivity contribution >= 4 is 39.1 Å². The molecule has 0 bridgehead atoms. The first-order valence-corrected chi connectivity index (χ1v) is 11.4. The first-order chi connectivity index (χ1) is 13.4. The Hall–Kier alpha value is -2.15. The summed E-state index contributed by atoms with van der Waals surface area (Å²) >= 11 is 7.79. The van der Waals surface area contributed by atoms with Crippen LogP contribution in [-0.4, -0.2) is 15.5 Å². The van der Waals surface area contributed by atoms with Crippen LogP contribution in [0.1, 0.15) is 11.1 Å². The van der Waals surface area contributed by atoms with E-state index >= 15 is 0 Å². The number of hydrogen-bond acceptors (Lipinski definition) is 4. The van der Waals surface area contributed by atoms with Gasteiger partial charge in [0.05, 0.1) is 22.7 Å². The van der Waals surface area contributed by atoms with Gasteiger partial charge in [-0.15, -0.1) is 11.8 Å². The lowest BCUT2D eigenvalue weighted by Gasteiger charge is -2.13. The van der Waals surface area contributed by atoms with Gasteiger partial charge in [0.1, 0.15) is 5.75 Å². The first-order valence-electron chi connectivity index (χ1n) is 8.53. The van der Waals surface area contributed by atoms with Gasteiger partial charge in [-0.1, -0.05) is 41.9 Å². The second-order valence-electron chi connectivity index (χ2n) is 6.15. The standard InChI is InChI=1S/C21H20ClNO3S2/c1-15-12-16(14-27-17-6-4-3-5-7-17)8-10-20(15)23-28(24,25)18-9-11-21(26-2)19(22)13-18/h3-13,23H,14H2,1-2H3. The van der Waals surface area contributed by atoms with E-state index in [0.717, 1.165) is 16.9 Å². The summed E-state index contributed by atoms with van der Waals surface area (Å²) in [6.07, 6.45) is 0. The van der Waals surface area contributed by atoms with Gasteiger partial charge in [-0.05, 0) is 54.4 Å². The smallest absolute Gasteiger partial charge is 0.261 e. The van der Waals surface area contributed by atoms with Crippen molar-refractivity contribution in [2.24, 2.45) is 0 Å². The second kappa shape index (κ2) is 8.90. The number of rotatable bonds is 7. The van der Waals surface area contributed by atoms with Crippen molar-refractivity contribution in [3.8, 4) is 5.75 Å². The number of thioether (sulfide) groups is 1. The van der Waals surface area contributed by atoms with E-state index in [-0.39, 0.29) is 9.92 Å². The van der Waals surface area contributed by atoms with Crippen LogP contribution in [0, 0.1) is 6.92 Å². The second-order valence-corrected chi connectivity index (χ2v) is 9.29. The van der Waals surface area contributed by atoms with Crippen LogP contribution in [-0.2, 0) is 15.8 Å². The Bertz CT molecular complexity index is 1070. The first kappa shape index (κ1) is 20.6. The molecule has 1 N–H and O–H groups in total. The molecular formula is C21H20ClNO3S2. The Kier molecular flexibility index (Phi) is 6.54. The Morgan fingerprint density at radius 2 is 1.79 bits per heavy atom. The molecule has 0 saturated heterocycles. The topological polar surface area (TPSA) is 55.4 Å². The zero-order chi connectivity index (χ0) is 20.1. The molecule has 0 fully saturated rings. The fraction of sp³-hybridized carbons (Fsp3) is 0.143. The minimum Gasteiger partial charge on any atom is -0.495 e. The highest BCUT2D eigenvalue weighted by molar-refractivity contribution is 7.98. The molecule has 0 unspecified atom stereocenters. The molecule has 0 radical (unpaired) electrons. The summed E-state index contributed by atoms with van der Waals surface area (Å²) in [6.45, 7) is 1.88. The summed E-state index contributed by atoms with van der Waals surface area (Å²) in [5.74, 6) is 1.24. The van der Waals surface area contributed by atoms with Crippen LogP contribution in [0.25, 0.3) is 0 Å². The number of nitrogens with one attached hydrogen (secondary N) is 1. The zero-order valence-electron chi connectivity index (χ0n) is 15.5. The molecule has 3 rings (SSSR count). The van der Waals surface area contributed by atoms with E-state index in [9.17, 15) is 8.42 Å². The monoisotopic (exact) mass is 433 g/mol. The summed E-state index contributed by atoms with van der Waals surface area (Å²) in [7, 11) is -2.27. The van der Waals surface area contributed by atoms with Crippen molar-refractivity contribution in [1.29, 1.82) is 0 Å². The van der Waals surface area contributed by atoms with Gasteiger partial charge < -0.3 is 4.74 Å². The van der Waals surface area contributed by atoms with Gasteiger partial charge in [-0.2, -0.15) is 0 Å². The molecule has 7 heteroatoms. The summed E-state index contributed by atoms with van der Waals surface area (Å²) in [5.41, 5.74) is 2.52. The Labute approximate surface area is 174 Å². The molecule has 0 heterocycles. The molecule has 0 aliphatic heterocycles. The van der Waals surface area contributed by atoms with Gasteiger partial charge in [0, 0.05) is 10.6 Å². The molecule has 0 aliphatic carbocycles. The van der Waals surface area contributed by atoms with E-state index in [2.05, 4.69) is 16.9 Å². The van der Waals surface area contributed by atoms with E-state index in [1.165, 1.54) is 30.2 Å². The van der Waals surface area contributed by atoms with Gasteiger partial charge in [0.25, 0.3) is 10.0 Å². The van der Waals surface area contributed by atoms with Gasteiger partial charge in [0.15, 0.2) is 0 Å². The maximum atomic E-state index is 12.7. The summed E-state index contributed by atoms with van der Waals surface area (Å²) < 4.78 is 33.1. The number of aryl methyl sites for hydroxylation is 1. The predicted octanol–water partition coefficient (Wildman–Crippen LogP) is 5.75. The van der Waals surface area contributed by atoms with Crippen LogP contribution in [0.2, 0.25) is 5.02 Å². The molecule has 0 spiro atoms. The highest BCUT2D eigenvalue weighted by Gasteiger charge is 2.17. The molecule has 0 saturated carbocycles. The fourth-order valence-electron chi connectivity index (χ4n) is 2.63. The molecule has 0 atom stereocenters. The van der Waals surface area contributed by atoms with Crippen molar-refractivity contribution in [2.75, 3.05) is 11.8 Å². The maximum Gasteiger partial charge on any atom is 0.261 e. The maximum absolute atomic E-state index is 12.7. The molecule has 146 valence electrons. The highest BCUT2D eigenvalue weighted by Crippen LogP contribution is 2.29. The molecular weight excluding hydrogens is 414 g/mol.